The number of alkyl halides is 2. The normalized spacial score (nSPS) is 11.6. The molecule has 2 aromatic carbocycles. The molecule has 2 heterocycles. The lowest BCUT2D eigenvalue weighted by Crippen LogP contribution is -2.37. The number of aliphatic carboxylic acids is 1. The highest BCUT2D eigenvalue weighted by atomic mass is 19.3. The summed E-state index contributed by atoms with van der Waals surface area (Å²) in [5.74, 6) is -7.99. The Balaban J connectivity index is 1.70. The molecule has 0 bridgehead atoms. The van der Waals surface area contributed by atoms with Gasteiger partial charge in [-0.05, 0) is 60.7 Å². The predicted octanol–water partition coefficient (Wildman–Crippen LogP) is 4.37. The lowest BCUT2D eigenvalue weighted by atomic mass is 9.98. The van der Waals surface area contributed by atoms with Gasteiger partial charge < -0.3 is 15.6 Å². The van der Waals surface area contributed by atoms with Gasteiger partial charge in [0.25, 0.3) is 0 Å². The minimum absolute atomic E-state index is 0.0784. The van der Waals surface area contributed by atoms with E-state index < -0.39 is 23.2 Å². The number of nitrogen functional groups attached to an aromatic ring is 1. The number of methoxy groups -OCH3 is 1. The molecule has 34 heavy (non-hydrogen) atoms. The molecular formula is C25H21F2N3O4. The van der Waals surface area contributed by atoms with Gasteiger partial charge in [-0.15, -0.1) is 0 Å². The van der Waals surface area contributed by atoms with Gasteiger partial charge in [0.05, 0.1) is 12.6 Å². The van der Waals surface area contributed by atoms with Gasteiger partial charge in [-0.1, -0.05) is 18.2 Å². The number of aryl methyl sites for hydroxylation is 3. The predicted molar refractivity (Wildman–Crippen MR) is 124 cm³/mol. The van der Waals surface area contributed by atoms with Crippen molar-refractivity contribution < 1.29 is 28.2 Å². The molecule has 0 spiro atoms. The maximum atomic E-state index is 13.7. The lowest BCUT2D eigenvalue weighted by Gasteiger charge is -2.12. The number of hydrogen-bond donors (Lipinski definition) is 2. The molecule has 7 nitrogen and oxygen atoms in total. The Morgan fingerprint density at radius 1 is 1.09 bits per heavy atom. The van der Waals surface area contributed by atoms with Crippen molar-refractivity contribution in [3.05, 3.63) is 70.9 Å². The summed E-state index contributed by atoms with van der Waals surface area (Å²) in [5, 5.41) is 9.88. The van der Waals surface area contributed by atoms with Gasteiger partial charge in [-0.2, -0.15) is 8.78 Å². The number of aromatic nitrogens is 2. The number of ketones is 1. The summed E-state index contributed by atoms with van der Waals surface area (Å²) in [6, 6.07) is 11.5. The van der Waals surface area contributed by atoms with E-state index in [1.165, 1.54) is 11.6 Å². The second-order valence-corrected chi connectivity index (χ2v) is 7.97. The summed E-state index contributed by atoms with van der Waals surface area (Å²) in [5.41, 5.74) is 9.43. The van der Waals surface area contributed by atoms with Crippen molar-refractivity contribution in [1.82, 2.24) is 9.97 Å². The quantitative estimate of drug-likeness (QED) is 0.237. The Labute approximate surface area is 193 Å². The molecule has 0 saturated carbocycles. The van der Waals surface area contributed by atoms with Crippen molar-refractivity contribution >= 4 is 39.4 Å². The first-order chi connectivity index (χ1) is 16.1. The van der Waals surface area contributed by atoms with Crippen LogP contribution in [0.25, 0.3) is 21.8 Å². The van der Waals surface area contributed by atoms with E-state index >= 15 is 0 Å². The molecular weight excluding hydrogens is 444 g/mol. The first-order valence-electron chi connectivity index (χ1n) is 10.4. The fourth-order valence-corrected chi connectivity index (χ4v) is 3.86. The monoisotopic (exact) mass is 465 g/mol. The Bertz CT molecular complexity index is 1450. The molecule has 2 aromatic heterocycles. The Hall–Kier alpha value is -4.14. The SMILES string of the molecule is COc1ccc(CCc2cnc3c(N)nc4cc(C(=O)C(F)(F)C(=O)O)ccc4c3c2)c(C)c1. The number of carbonyl (C=O) groups is 2. The third kappa shape index (κ3) is 4.12. The van der Waals surface area contributed by atoms with Crippen LogP contribution in [0.1, 0.15) is 27.0 Å². The number of hydrogen-bond acceptors (Lipinski definition) is 6. The van der Waals surface area contributed by atoms with Crippen LogP contribution in [0.5, 0.6) is 5.75 Å². The van der Waals surface area contributed by atoms with Gasteiger partial charge in [0.2, 0.25) is 5.78 Å². The van der Waals surface area contributed by atoms with Crippen molar-refractivity contribution in [2.45, 2.75) is 25.7 Å². The van der Waals surface area contributed by atoms with Crippen molar-refractivity contribution in [3.8, 4) is 5.75 Å². The van der Waals surface area contributed by atoms with Crippen LogP contribution in [-0.4, -0.2) is 39.9 Å². The number of ether oxygens (including phenoxy) is 1. The van der Waals surface area contributed by atoms with Gasteiger partial charge in [-0.3, -0.25) is 9.78 Å². The highest BCUT2D eigenvalue weighted by molar-refractivity contribution is 6.16. The van der Waals surface area contributed by atoms with E-state index in [0.29, 0.717) is 22.7 Å². The number of pyridine rings is 2. The Morgan fingerprint density at radius 3 is 2.53 bits per heavy atom. The number of carbonyl (C=O) groups excluding carboxylic acids is 1. The Morgan fingerprint density at radius 2 is 1.85 bits per heavy atom. The summed E-state index contributed by atoms with van der Waals surface area (Å²) in [7, 11) is 1.62. The fraction of sp³-hybridized carbons (Fsp3) is 0.200. The van der Waals surface area contributed by atoms with Crippen molar-refractivity contribution in [1.29, 1.82) is 0 Å². The van der Waals surface area contributed by atoms with Crippen LogP contribution in [-0.2, 0) is 17.6 Å². The Kier molecular flexibility index (Phi) is 5.87. The molecule has 9 heteroatoms. The summed E-state index contributed by atoms with van der Waals surface area (Å²) >= 11 is 0. The summed E-state index contributed by atoms with van der Waals surface area (Å²) < 4.78 is 32.6. The van der Waals surface area contributed by atoms with Crippen LogP contribution < -0.4 is 10.5 Å². The minimum atomic E-state index is -4.54. The van der Waals surface area contributed by atoms with Gasteiger partial charge in [0, 0.05) is 22.5 Å². The molecule has 0 radical (unpaired) electrons. The fourth-order valence-electron chi connectivity index (χ4n) is 3.86. The zero-order valence-electron chi connectivity index (χ0n) is 18.4. The molecule has 0 atom stereocenters. The van der Waals surface area contributed by atoms with Crippen molar-refractivity contribution in [3.63, 3.8) is 0 Å². The van der Waals surface area contributed by atoms with Crippen LogP contribution in [0.15, 0.2) is 48.7 Å². The zero-order chi connectivity index (χ0) is 24.6. The highest BCUT2D eigenvalue weighted by Crippen LogP contribution is 2.30. The maximum Gasteiger partial charge on any atom is 0.404 e. The molecule has 4 aromatic rings. The largest absolute Gasteiger partial charge is 0.497 e. The number of nitrogens with zero attached hydrogens (tertiary/aromatic N) is 2. The standard InChI is InChI=1S/C25H21F2N3O4/c1-13-9-17(34-2)7-5-15(13)4-3-14-10-19-18-8-6-16(22(31)25(26,27)24(32)33)11-20(18)30-23(28)21(19)29-12-14/h5-12H,3-4H2,1-2H3,(H2,28,30)(H,32,33). The zero-order valence-corrected chi connectivity index (χ0v) is 18.4. The first kappa shape index (κ1) is 23.0. The molecule has 0 unspecified atom stereocenters. The van der Waals surface area contributed by atoms with E-state index in [2.05, 4.69) is 9.97 Å². The second-order valence-electron chi connectivity index (χ2n) is 7.97. The van der Waals surface area contributed by atoms with Crippen LogP contribution in [0.4, 0.5) is 14.6 Å². The smallest absolute Gasteiger partial charge is 0.404 e. The van der Waals surface area contributed by atoms with Gasteiger partial charge in [0.15, 0.2) is 5.82 Å². The van der Waals surface area contributed by atoms with Gasteiger partial charge in [-0.25, -0.2) is 9.78 Å². The third-order valence-electron chi connectivity index (χ3n) is 5.76. The molecule has 4 rings (SSSR count). The molecule has 0 amide bonds. The molecule has 0 saturated heterocycles. The highest BCUT2D eigenvalue weighted by Gasteiger charge is 2.47. The number of carboxylic acid groups (broad SMARTS) is 1. The van der Waals surface area contributed by atoms with Gasteiger partial charge >= 0.3 is 11.9 Å². The third-order valence-corrected chi connectivity index (χ3v) is 5.76. The summed E-state index contributed by atoms with van der Waals surface area (Å²) in [6.45, 7) is 2.02. The van der Waals surface area contributed by atoms with Crippen molar-refractivity contribution in [2.24, 2.45) is 0 Å². The summed E-state index contributed by atoms with van der Waals surface area (Å²) in [4.78, 5) is 31.4. The van der Waals surface area contributed by atoms with Crippen molar-refractivity contribution in [2.75, 3.05) is 12.8 Å². The molecule has 3 N–H and O–H groups in total. The van der Waals surface area contributed by atoms with E-state index in [9.17, 15) is 18.4 Å². The number of carboxylic acids is 1. The van der Waals surface area contributed by atoms with E-state index in [1.807, 2.05) is 31.2 Å². The number of halogens is 2. The number of Topliss-reactive ketones (excluding diaryl/α,β-unsaturated/α-hetero) is 1. The molecule has 0 aliphatic heterocycles. The lowest BCUT2D eigenvalue weighted by molar-refractivity contribution is -0.157. The molecule has 174 valence electrons. The summed E-state index contributed by atoms with van der Waals surface area (Å²) in [6.07, 6.45) is 3.18. The second kappa shape index (κ2) is 8.66. The maximum absolute atomic E-state index is 13.7. The van der Waals surface area contributed by atoms with Crippen LogP contribution in [0.2, 0.25) is 0 Å². The first-order valence-corrected chi connectivity index (χ1v) is 10.4. The average Bonchev–Trinajstić information content (AvgIpc) is 2.82. The van der Waals surface area contributed by atoms with Crippen LogP contribution in [0.3, 0.4) is 0 Å². The van der Waals surface area contributed by atoms with E-state index in [0.717, 1.165) is 35.4 Å². The molecule has 0 fully saturated rings. The topological polar surface area (TPSA) is 115 Å². The van der Waals surface area contributed by atoms with E-state index in [1.54, 1.807) is 13.3 Å². The van der Waals surface area contributed by atoms with Gasteiger partial charge in [0.1, 0.15) is 11.3 Å². The number of nitrogens with two attached hydrogens (primary N) is 1. The number of benzene rings is 2. The number of fused-ring (bicyclic) bond motifs is 3. The molecule has 0 aliphatic carbocycles. The van der Waals surface area contributed by atoms with Crippen LogP contribution in [0, 0.1) is 6.92 Å². The minimum Gasteiger partial charge on any atom is -0.497 e. The van der Waals surface area contributed by atoms with E-state index in [-0.39, 0.29) is 11.3 Å². The number of anilines is 1. The van der Waals surface area contributed by atoms with E-state index in [4.69, 9.17) is 15.6 Å². The van der Waals surface area contributed by atoms with Crippen LogP contribution >= 0.6 is 0 Å². The molecule has 0 aliphatic rings. The average molecular weight is 465 g/mol. The number of rotatable bonds is 7.